The molecule has 0 amide bonds. The van der Waals surface area contributed by atoms with Crippen molar-refractivity contribution in [1.82, 2.24) is 0 Å². The summed E-state index contributed by atoms with van der Waals surface area (Å²) in [6.07, 6.45) is 7.77. The van der Waals surface area contributed by atoms with Crippen LogP contribution in [0.5, 0.6) is 0 Å². The van der Waals surface area contributed by atoms with E-state index >= 15 is 0 Å². The number of hydrogen-bond acceptors (Lipinski definition) is 2. The van der Waals surface area contributed by atoms with E-state index in [-0.39, 0.29) is 5.60 Å². The molecule has 0 spiro atoms. The van der Waals surface area contributed by atoms with Gasteiger partial charge in [-0.15, -0.1) is 0 Å². The van der Waals surface area contributed by atoms with Crippen molar-refractivity contribution in [3.05, 3.63) is 30.3 Å². The lowest BCUT2D eigenvalue weighted by atomic mass is 9.68. The van der Waals surface area contributed by atoms with Crippen molar-refractivity contribution in [1.29, 1.82) is 0 Å². The summed E-state index contributed by atoms with van der Waals surface area (Å²) in [6.45, 7) is 0. The molecule has 0 radical (unpaired) electrons. The summed E-state index contributed by atoms with van der Waals surface area (Å²) in [5.41, 5.74) is 4.32. The highest BCUT2D eigenvalue weighted by Crippen LogP contribution is 2.46. The molecular weight excluding hydrogens is 198 g/mol. The number of benzene rings is 1. The smallest absolute Gasteiger partial charge is 0.0960 e. The minimum atomic E-state index is 0.130. The summed E-state index contributed by atoms with van der Waals surface area (Å²) in [6, 6.07) is 10.2. The molecule has 0 unspecified atom stereocenters. The van der Waals surface area contributed by atoms with Crippen LogP contribution in [-0.4, -0.2) is 5.60 Å². The van der Waals surface area contributed by atoms with E-state index in [1.54, 1.807) is 0 Å². The van der Waals surface area contributed by atoms with Crippen LogP contribution in [0, 0.1) is 5.92 Å². The first-order chi connectivity index (χ1) is 7.86. The van der Waals surface area contributed by atoms with E-state index in [9.17, 15) is 0 Å². The van der Waals surface area contributed by atoms with Gasteiger partial charge in [0.2, 0.25) is 0 Å². The van der Waals surface area contributed by atoms with Gasteiger partial charge in [0.25, 0.3) is 0 Å². The molecule has 0 saturated heterocycles. The topological polar surface area (TPSA) is 21.3 Å². The molecule has 2 nitrogen and oxygen atoms in total. The Labute approximate surface area is 97.0 Å². The highest BCUT2D eigenvalue weighted by molar-refractivity contribution is 5.40. The minimum Gasteiger partial charge on any atom is -0.270 e. The van der Waals surface area contributed by atoms with Gasteiger partial charge in [0.05, 0.1) is 11.3 Å². The van der Waals surface area contributed by atoms with Crippen LogP contribution in [0.15, 0.2) is 30.3 Å². The predicted molar refractivity (Wildman–Crippen MR) is 65.1 cm³/mol. The maximum Gasteiger partial charge on any atom is 0.0960 e. The second-order valence-electron chi connectivity index (χ2n) is 5.24. The van der Waals surface area contributed by atoms with Gasteiger partial charge in [0.15, 0.2) is 0 Å². The summed E-state index contributed by atoms with van der Waals surface area (Å²) in [5.74, 6) is 0.988. The zero-order valence-corrected chi connectivity index (χ0v) is 9.61. The fourth-order valence-corrected chi connectivity index (χ4v) is 3.04. The Balaban J connectivity index is 1.62. The van der Waals surface area contributed by atoms with Crippen molar-refractivity contribution >= 4 is 5.69 Å². The summed E-state index contributed by atoms with van der Waals surface area (Å²) in [7, 11) is 0. The van der Waals surface area contributed by atoms with Crippen LogP contribution in [0.4, 0.5) is 5.69 Å². The van der Waals surface area contributed by atoms with Gasteiger partial charge in [-0.1, -0.05) is 18.2 Å². The zero-order valence-electron chi connectivity index (χ0n) is 9.61. The molecular formula is C14H19NO. The molecule has 1 aromatic carbocycles. The third-order valence-electron chi connectivity index (χ3n) is 4.18. The van der Waals surface area contributed by atoms with Crippen molar-refractivity contribution < 1.29 is 4.84 Å². The second-order valence-corrected chi connectivity index (χ2v) is 5.24. The van der Waals surface area contributed by atoms with Crippen molar-refractivity contribution in [3.63, 3.8) is 0 Å². The van der Waals surface area contributed by atoms with E-state index < -0.39 is 0 Å². The lowest BCUT2D eigenvalue weighted by molar-refractivity contribution is -0.0869. The van der Waals surface area contributed by atoms with Crippen LogP contribution in [0.3, 0.4) is 0 Å². The summed E-state index contributed by atoms with van der Waals surface area (Å²) in [5, 5.41) is 0. The standard InChI is InChI=1S/C14H19NO/c1-2-4-13(5-3-1)15-16-14-9-6-12(7-10-14)8-11-14/h1-5,12,15H,6-11H2. The van der Waals surface area contributed by atoms with Crippen LogP contribution < -0.4 is 5.48 Å². The fourth-order valence-electron chi connectivity index (χ4n) is 3.04. The van der Waals surface area contributed by atoms with Crippen LogP contribution in [0.25, 0.3) is 0 Å². The lowest BCUT2D eigenvalue weighted by Gasteiger charge is -2.45. The molecule has 0 atom stereocenters. The Morgan fingerprint density at radius 2 is 1.62 bits per heavy atom. The summed E-state index contributed by atoms with van der Waals surface area (Å²) < 4.78 is 0. The third kappa shape index (κ3) is 1.94. The number of para-hydroxylation sites is 1. The van der Waals surface area contributed by atoms with Gasteiger partial charge in [-0.3, -0.25) is 10.3 Å². The van der Waals surface area contributed by atoms with Crippen molar-refractivity contribution in [2.24, 2.45) is 5.92 Å². The molecule has 3 aliphatic carbocycles. The van der Waals surface area contributed by atoms with Gasteiger partial charge in [-0.2, -0.15) is 0 Å². The normalized spacial score (nSPS) is 32.6. The molecule has 4 rings (SSSR count). The Morgan fingerprint density at radius 1 is 1.00 bits per heavy atom. The Bertz CT molecular complexity index is 327. The van der Waals surface area contributed by atoms with Crippen LogP contribution in [0.1, 0.15) is 38.5 Å². The minimum absolute atomic E-state index is 0.130. The van der Waals surface area contributed by atoms with Gasteiger partial charge in [-0.05, 0) is 56.6 Å². The van der Waals surface area contributed by atoms with Gasteiger partial charge >= 0.3 is 0 Å². The highest BCUT2D eigenvalue weighted by atomic mass is 16.7. The first-order valence-corrected chi connectivity index (χ1v) is 6.35. The third-order valence-corrected chi connectivity index (χ3v) is 4.18. The van der Waals surface area contributed by atoms with E-state index in [4.69, 9.17) is 4.84 Å². The lowest BCUT2D eigenvalue weighted by Crippen LogP contribution is -2.43. The molecule has 2 heteroatoms. The largest absolute Gasteiger partial charge is 0.270 e. The molecule has 0 aromatic heterocycles. The van der Waals surface area contributed by atoms with Gasteiger partial charge in [0.1, 0.15) is 0 Å². The van der Waals surface area contributed by atoms with E-state index in [0.717, 1.165) is 11.6 Å². The van der Waals surface area contributed by atoms with Crippen LogP contribution >= 0.6 is 0 Å². The van der Waals surface area contributed by atoms with Crippen LogP contribution in [0.2, 0.25) is 0 Å². The van der Waals surface area contributed by atoms with Gasteiger partial charge < -0.3 is 0 Å². The molecule has 1 aromatic rings. The number of nitrogens with one attached hydrogen (secondary N) is 1. The molecule has 3 saturated carbocycles. The van der Waals surface area contributed by atoms with E-state index in [0.29, 0.717) is 0 Å². The maximum absolute atomic E-state index is 5.99. The highest BCUT2D eigenvalue weighted by Gasteiger charge is 2.41. The number of anilines is 1. The molecule has 0 heterocycles. The molecule has 0 aliphatic heterocycles. The molecule has 3 fully saturated rings. The van der Waals surface area contributed by atoms with E-state index in [1.807, 2.05) is 30.3 Å². The quantitative estimate of drug-likeness (QED) is 0.778. The van der Waals surface area contributed by atoms with Crippen molar-refractivity contribution in [2.45, 2.75) is 44.1 Å². The Morgan fingerprint density at radius 3 is 2.25 bits per heavy atom. The molecule has 16 heavy (non-hydrogen) atoms. The zero-order chi connectivity index (χ0) is 10.8. The van der Waals surface area contributed by atoms with Crippen molar-refractivity contribution in [2.75, 3.05) is 5.48 Å². The average Bonchev–Trinajstić information content (AvgIpc) is 2.40. The summed E-state index contributed by atoms with van der Waals surface area (Å²) in [4.78, 5) is 5.99. The first kappa shape index (κ1) is 10.2. The van der Waals surface area contributed by atoms with Gasteiger partial charge in [0, 0.05) is 0 Å². The Hall–Kier alpha value is -1.02. The second kappa shape index (κ2) is 4.10. The SMILES string of the molecule is c1ccc(NOC23CCC(CC2)CC3)cc1. The number of fused-ring (bicyclic) bond motifs is 3. The number of hydrogen-bond donors (Lipinski definition) is 1. The van der Waals surface area contributed by atoms with E-state index in [1.165, 1.54) is 38.5 Å². The molecule has 1 N–H and O–H groups in total. The molecule has 86 valence electrons. The fraction of sp³-hybridized carbons (Fsp3) is 0.571. The predicted octanol–water partition coefficient (Wildman–Crippen LogP) is 3.75. The van der Waals surface area contributed by atoms with Gasteiger partial charge in [-0.25, -0.2) is 0 Å². The monoisotopic (exact) mass is 217 g/mol. The van der Waals surface area contributed by atoms with E-state index in [2.05, 4.69) is 5.48 Å². The van der Waals surface area contributed by atoms with Crippen LogP contribution in [-0.2, 0) is 4.84 Å². The molecule has 2 bridgehead atoms. The average molecular weight is 217 g/mol. The number of rotatable bonds is 3. The van der Waals surface area contributed by atoms with Crippen molar-refractivity contribution in [3.8, 4) is 0 Å². The maximum atomic E-state index is 5.99. The Kier molecular flexibility index (Phi) is 2.60. The molecule has 3 aliphatic rings. The summed E-state index contributed by atoms with van der Waals surface area (Å²) >= 11 is 0. The first-order valence-electron chi connectivity index (χ1n) is 6.35.